The predicted molar refractivity (Wildman–Crippen MR) is 98.9 cm³/mol. The number of likely N-dealkylation sites (tertiary alicyclic amines) is 1. The molecule has 1 saturated heterocycles. The Hall–Kier alpha value is -1.75. The van der Waals surface area contributed by atoms with Crippen molar-refractivity contribution in [1.82, 2.24) is 4.90 Å². The zero-order chi connectivity index (χ0) is 16.8. The van der Waals surface area contributed by atoms with E-state index in [9.17, 15) is 4.79 Å². The van der Waals surface area contributed by atoms with Crippen LogP contribution in [-0.2, 0) is 4.79 Å². The van der Waals surface area contributed by atoms with E-state index in [1.807, 2.05) is 29.2 Å². The molecule has 2 rings (SSSR count). The summed E-state index contributed by atoms with van der Waals surface area (Å²) >= 11 is 0. The van der Waals surface area contributed by atoms with Crippen LogP contribution in [0.1, 0.15) is 51.0 Å². The summed E-state index contributed by atoms with van der Waals surface area (Å²) in [5, 5.41) is 7.42. The number of carbonyl (C=O) groups is 1. The molecule has 5 nitrogen and oxygen atoms in total. The minimum Gasteiger partial charge on any atom is -0.427 e. The number of halogens is 1. The Morgan fingerprint density at radius 3 is 2.38 bits per heavy atom. The van der Waals surface area contributed by atoms with Gasteiger partial charge in [0.15, 0.2) is 5.96 Å². The maximum Gasteiger partial charge on any atom is 0.311 e. The lowest BCUT2D eigenvalue weighted by molar-refractivity contribution is -0.134. The molecular formula is C18H28ClN3O2. The number of carbonyl (C=O) groups excluding carboxylic acids is 1. The molecule has 1 aromatic rings. The van der Waals surface area contributed by atoms with E-state index in [1.165, 1.54) is 5.56 Å². The number of hydrogen-bond donors (Lipinski definition) is 2. The highest BCUT2D eigenvalue weighted by Crippen LogP contribution is 2.23. The largest absolute Gasteiger partial charge is 0.427 e. The van der Waals surface area contributed by atoms with E-state index in [4.69, 9.17) is 15.9 Å². The van der Waals surface area contributed by atoms with Crippen LogP contribution in [0, 0.1) is 11.3 Å². The lowest BCUT2D eigenvalue weighted by Gasteiger charge is -2.31. The van der Waals surface area contributed by atoms with Crippen molar-refractivity contribution in [3.05, 3.63) is 29.8 Å². The first kappa shape index (κ1) is 20.3. The van der Waals surface area contributed by atoms with Crippen LogP contribution >= 0.6 is 12.4 Å². The maximum absolute atomic E-state index is 12.0. The Bertz CT molecular complexity index is 538. The Morgan fingerprint density at radius 2 is 1.88 bits per heavy atom. The lowest BCUT2D eigenvalue weighted by Crippen LogP contribution is -2.42. The van der Waals surface area contributed by atoms with Crippen LogP contribution in [0.4, 0.5) is 0 Å². The molecule has 6 heteroatoms. The zero-order valence-corrected chi connectivity index (χ0v) is 15.3. The highest BCUT2D eigenvalue weighted by Gasteiger charge is 2.20. The number of rotatable bonds is 5. The van der Waals surface area contributed by atoms with Crippen LogP contribution in [0.15, 0.2) is 24.3 Å². The molecule has 0 bridgehead atoms. The van der Waals surface area contributed by atoms with Crippen molar-refractivity contribution in [1.29, 1.82) is 5.41 Å². The molecule has 0 aliphatic carbocycles. The van der Waals surface area contributed by atoms with Crippen molar-refractivity contribution in [2.45, 2.75) is 45.4 Å². The maximum atomic E-state index is 12.0. The molecule has 24 heavy (non-hydrogen) atoms. The Balaban J connectivity index is 0.00000288. The van der Waals surface area contributed by atoms with Gasteiger partial charge in [-0.05, 0) is 48.8 Å². The van der Waals surface area contributed by atoms with Crippen LogP contribution < -0.4 is 10.5 Å². The van der Waals surface area contributed by atoms with Crippen LogP contribution in [0.25, 0.3) is 0 Å². The highest BCUT2D eigenvalue weighted by atomic mass is 35.5. The molecule has 0 atom stereocenters. The van der Waals surface area contributed by atoms with Gasteiger partial charge in [0.1, 0.15) is 5.75 Å². The average Bonchev–Trinajstić information content (AvgIpc) is 2.54. The van der Waals surface area contributed by atoms with Gasteiger partial charge in [-0.25, -0.2) is 0 Å². The molecule has 3 N–H and O–H groups in total. The van der Waals surface area contributed by atoms with Gasteiger partial charge >= 0.3 is 5.97 Å². The van der Waals surface area contributed by atoms with Crippen LogP contribution in [0.5, 0.6) is 5.75 Å². The molecule has 0 saturated carbocycles. The summed E-state index contributed by atoms with van der Waals surface area (Å²) < 4.78 is 5.40. The monoisotopic (exact) mass is 353 g/mol. The summed E-state index contributed by atoms with van der Waals surface area (Å²) in [6, 6.07) is 7.73. The van der Waals surface area contributed by atoms with Crippen molar-refractivity contribution in [3.63, 3.8) is 0 Å². The fourth-order valence-corrected chi connectivity index (χ4v) is 2.89. The second-order valence-electron chi connectivity index (χ2n) is 6.55. The van der Waals surface area contributed by atoms with E-state index in [1.54, 1.807) is 0 Å². The molecule has 134 valence electrons. The molecule has 0 radical (unpaired) electrons. The molecule has 0 amide bonds. The first-order valence-electron chi connectivity index (χ1n) is 8.35. The highest BCUT2D eigenvalue weighted by molar-refractivity contribution is 5.85. The molecule has 0 unspecified atom stereocenters. The number of esters is 1. The van der Waals surface area contributed by atoms with Gasteiger partial charge in [0.25, 0.3) is 0 Å². The van der Waals surface area contributed by atoms with Crippen molar-refractivity contribution in [2.24, 2.45) is 11.7 Å². The Labute approximate surface area is 150 Å². The quantitative estimate of drug-likeness (QED) is 0.367. The van der Waals surface area contributed by atoms with Crippen molar-refractivity contribution >= 4 is 24.3 Å². The standard InChI is InChI=1S/C18H27N3O2.ClH/c1-13(2)15-4-6-16(7-5-15)23-17(22)8-3-14-9-11-21(12-10-14)18(19)20;/h4-7,13-14H,3,8-12H2,1-2H3,(H3,19,20);1H. The number of guanidine groups is 1. The van der Waals surface area contributed by atoms with Gasteiger partial charge in [-0.2, -0.15) is 0 Å². The Kier molecular flexibility index (Phi) is 8.05. The first-order valence-corrected chi connectivity index (χ1v) is 8.35. The number of hydrogen-bond acceptors (Lipinski definition) is 3. The van der Waals surface area contributed by atoms with E-state index < -0.39 is 0 Å². The van der Waals surface area contributed by atoms with Gasteiger partial charge < -0.3 is 15.4 Å². The van der Waals surface area contributed by atoms with E-state index in [0.29, 0.717) is 24.0 Å². The van der Waals surface area contributed by atoms with Crippen LogP contribution in [0.3, 0.4) is 0 Å². The summed E-state index contributed by atoms with van der Waals surface area (Å²) in [4.78, 5) is 13.8. The van der Waals surface area contributed by atoms with E-state index in [-0.39, 0.29) is 24.3 Å². The fourth-order valence-electron chi connectivity index (χ4n) is 2.89. The summed E-state index contributed by atoms with van der Waals surface area (Å²) in [5.74, 6) is 1.58. The molecule has 0 spiro atoms. The lowest BCUT2D eigenvalue weighted by atomic mass is 9.92. The van der Waals surface area contributed by atoms with E-state index in [2.05, 4.69) is 13.8 Å². The molecule has 1 aromatic carbocycles. The summed E-state index contributed by atoms with van der Waals surface area (Å²) in [6.45, 7) is 5.90. The minimum atomic E-state index is -0.170. The molecule has 1 aliphatic rings. The smallest absolute Gasteiger partial charge is 0.311 e. The molecule has 1 aliphatic heterocycles. The van der Waals surface area contributed by atoms with Gasteiger partial charge in [-0.15, -0.1) is 12.4 Å². The molecule has 1 fully saturated rings. The minimum absolute atomic E-state index is 0. The third-order valence-corrected chi connectivity index (χ3v) is 4.49. The number of benzene rings is 1. The second-order valence-corrected chi connectivity index (χ2v) is 6.55. The van der Waals surface area contributed by atoms with Gasteiger partial charge in [-0.3, -0.25) is 10.2 Å². The second kappa shape index (κ2) is 9.52. The topological polar surface area (TPSA) is 79.4 Å². The first-order chi connectivity index (χ1) is 11.0. The Morgan fingerprint density at radius 1 is 1.29 bits per heavy atom. The third kappa shape index (κ3) is 6.04. The average molecular weight is 354 g/mol. The summed E-state index contributed by atoms with van der Waals surface area (Å²) in [5.41, 5.74) is 6.72. The zero-order valence-electron chi connectivity index (χ0n) is 14.5. The number of ether oxygens (including phenoxy) is 1. The van der Waals surface area contributed by atoms with Crippen molar-refractivity contribution in [3.8, 4) is 5.75 Å². The summed E-state index contributed by atoms with van der Waals surface area (Å²) in [6.07, 6.45) is 3.25. The predicted octanol–water partition coefficient (Wildman–Crippen LogP) is 3.52. The third-order valence-electron chi connectivity index (χ3n) is 4.49. The van der Waals surface area contributed by atoms with Crippen LogP contribution in [-0.4, -0.2) is 29.9 Å². The van der Waals surface area contributed by atoms with Gasteiger partial charge in [0.2, 0.25) is 0 Å². The van der Waals surface area contributed by atoms with Crippen molar-refractivity contribution < 1.29 is 9.53 Å². The fraction of sp³-hybridized carbons (Fsp3) is 0.556. The number of nitrogens with zero attached hydrogens (tertiary/aromatic N) is 1. The molecule has 1 heterocycles. The number of nitrogens with two attached hydrogens (primary N) is 1. The van der Waals surface area contributed by atoms with Gasteiger partial charge in [0.05, 0.1) is 0 Å². The molecule has 0 aromatic heterocycles. The van der Waals surface area contributed by atoms with Crippen molar-refractivity contribution in [2.75, 3.05) is 13.1 Å². The van der Waals surface area contributed by atoms with E-state index >= 15 is 0 Å². The van der Waals surface area contributed by atoms with Gasteiger partial charge in [0, 0.05) is 19.5 Å². The number of nitrogens with one attached hydrogen (secondary N) is 1. The van der Waals surface area contributed by atoms with E-state index in [0.717, 1.165) is 32.4 Å². The SMILES string of the molecule is CC(C)c1ccc(OC(=O)CCC2CCN(C(=N)N)CC2)cc1.Cl. The van der Waals surface area contributed by atoms with Gasteiger partial charge in [-0.1, -0.05) is 26.0 Å². The summed E-state index contributed by atoms with van der Waals surface area (Å²) in [7, 11) is 0. The number of piperidine rings is 1. The molecular weight excluding hydrogens is 326 g/mol. The normalized spacial score (nSPS) is 15.0. The van der Waals surface area contributed by atoms with Crippen LogP contribution in [0.2, 0.25) is 0 Å².